The first kappa shape index (κ1) is 14.7. The number of benzene rings is 1. The van der Waals surface area contributed by atoms with Gasteiger partial charge >= 0.3 is 0 Å². The summed E-state index contributed by atoms with van der Waals surface area (Å²) in [4.78, 5) is 0. The van der Waals surface area contributed by atoms with Crippen LogP contribution in [0.1, 0.15) is 44.6 Å². The zero-order valence-corrected chi connectivity index (χ0v) is 12.2. The molecule has 0 aliphatic heterocycles. The largest absolute Gasteiger partial charge is 0.396 e. The summed E-state index contributed by atoms with van der Waals surface area (Å²) in [5, 5.41) is 9.39. The summed E-state index contributed by atoms with van der Waals surface area (Å²) in [6.07, 6.45) is 7.28. The minimum absolute atomic E-state index is 0.308. The Morgan fingerprint density at radius 3 is 2.41 bits per heavy atom. The fraction of sp³-hybridized carbons (Fsp3) is 0.600. The van der Waals surface area contributed by atoms with Gasteiger partial charge in [0, 0.05) is 11.1 Å². The van der Waals surface area contributed by atoms with Crippen molar-refractivity contribution in [3.63, 3.8) is 0 Å². The minimum atomic E-state index is 0.308. The van der Waals surface area contributed by atoms with Crippen molar-refractivity contribution in [2.45, 2.75) is 45.4 Å². The van der Waals surface area contributed by atoms with Crippen LogP contribution in [0.2, 0.25) is 0 Å². The van der Waals surface area contributed by atoms with E-state index < -0.39 is 0 Å². The highest BCUT2D eigenvalue weighted by molar-refractivity contribution is 9.10. The molecule has 1 unspecified atom stereocenters. The molecule has 0 aromatic heterocycles. The molecule has 0 spiro atoms. The zero-order valence-electron chi connectivity index (χ0n) is 10.7. The van der Waals surface area contributed by atoms with Gasteiger partial charge in [-0.2, -0.15) is 0 Å². The third-order valence-electron chi connectivity index (χ3n) is 3.16. The number of unbranched alkanes of at least 4 members (excludes halogenated alkanes) is 3. The molecule has 1 atom stereocenters. The number of rotatable bonds is 8. The molecule has 0 heterocycles. The molecule has 96 valence electrons. The van der Waals surface area contributed by atoms with E-state index in [9.17, 15) is 5.11 Å². The van der Waals surface area contributed by atoms with Gasteiger partial charge < -0.3 is 5.11 Å². The lowest BCUT2D eigenvalue weighted by atomic mass is 9.94. The molecule has 1 rings (SSSR count). The first-order valence-corrected chi connectivity index (χ1v) is 7.40. The maximum absolute atomic E-state index is 9.39. The van der Waals surface area contributed by atoms with Crippen LogP contribution < -0.4 is 0 Å². The monoisotopic (exact) mass is 298 g/mol. The molecule has 0 saturated heterocycles. The summed E-state index contributed by atoms with van der Waals surface area (Å²) >= 11 is 3.44. The van der Waals surface area contributed by atoms with Crippen molar-refractivity contribution in [3.05, 3.63) is 34.3 Å². The van der Waals surface area contributed by atoms with Gasteiger partial charge in [0.1, 0.15) is 0 Å². The van der Waals surface area contributed by atoms with Crippen LogP contribution >= 0.6 is 15.9 Å². The Balaban J connectivity index is 2.33. The Morgan fingerprint density at radius 2 is 1.82 bits per heavy atom. The normalized spacial score (nSPS) is 12.6. The molecule has 0 saturated carbocycles. The van der Waals surface area contributed by atoms with Gasteiger partial charge in [-0.15, -0.1) is 0 Å². The average Bonchev–Trinajstić information content (AvgIpc) is 2.35. The Hall–Kier alpha value is -0.340. The van der Waals surface area contributed by atoms with Gasteiger partial charge in [0.15, 0.2) is 0 Å². The molecule has 0 aliphatic carbocycles. The van der Waals surface area contributed by atoms with Crippen molar-refractivity contribution in [3.8, 4) is 0 Å². The summed E-state index contributed by atoms with van der Waals surface area (Å²) in [5.74, 6) is 0.424. The second kappa shape index (κ2) is 8.71. The second-order valence-electron chi connectivity index (χ2n) is 4.73. The third kappa shape index (κ3) is 6.23. The Morgan fingerprint density at radius 1 is 1.12 bits per heavy atom. The van der Waals surface area contributed by atoms with E-state index in [2.05, 4.69) is 47.1 Å². The quantitative estimate of drug-likeness (QED) is 0.697. The van der Waals surface area contributed by atoms with Crippen molar-refractivity contribution in [2.24, 2.45) is 5.92 Å². The molecule has 0 amide bonds. The molecule has 0 bridgehead atoms. The summed E-state index contributed by atoms with van der Waals surface area (Å²) in [7, 11) is 0. The smallest absolute Gasteiger partial charge is 0.0462 e. The van der Waals surface area contributed by atoms with Crippen LogP contribution in [-0.4, -0.2) is 11.7 Å². The highest BCUT2D eigenvalue weighted by Crippen LogP contribution is 2.18. The summed E-state index contributed by atoms with van der Waals surface area (Å²) in [5.41, 5.74) is 1.32. The van der Waals surface area contributed by atoms with E-state index in [-0.39, 0.29) is 0 Å². The van der Waals surface area contributed by atoms with Crippen molar-refractivity contribution in [1.82, 2.24) is 0 Å². The van der Waals surface area contributed by atoms with Gasteiger partial charge in [0.05, 0.1) is 0 Å². The molecule has 0 aliphatic rings. The van der Waals surface area contributed by atoms with E-state index in [0.29, 0.717) is 12.5 Å². The molecule has 2 heteroatoms. The maximum Gasteiger partial charge on any atom is 0.0462 e. The van der Waals surface area contributed by atoms with Crippen molar-refractivity contribution in [1.29, 1.82) is 0 Å². The number of hydrogen-bond acceptors (Lipinski definition) is 1. The fourth-order valence-electron chi connectivity index (χ4n) is 2.07. The average molecular weight is 299 g/mol. The van der Waals surface area contributed by atoms with Crippen LogP contribution in [0.25, 0.3) is 0 Å². The van der Waals surface area contributed by atoms with Gasteiger partial charge in [-0.25, -0.2) is 0 Å². The number of aliphatic hydroxyl groups is 1. The Labute approximate surface area is 113 Å². The highest BCUT2D eigenvalue weighted by Gasteiger charge is 2.08. The van der Waals surface area contributed by atoms with E-state index >= 15 is 0 Å². The Kier molecular flexibility index (Phi) is 7.54. The van der Waals surface area contributed by atoms with E-state index in [1.807, 2.05) is 0 Å². The van der Waals surface area contributed by atoms with Gasteiger partial charge in [-0.3, -0.25) is 0 Å². The van der Waals surface area contributed by atoms with E-state index in [4.69, 9.17) is 0 Å². The van der Waals surface area contributed by atoms with Crippen LogP contribution in [0, 0.1) is 5.92 Å². The van der Waals surface area contributed by atoms with Gasteiger partial charge in [-0.05, 0) is 36.5 Å². The standard InChI is InChI=1S/C15H23BrO/c1-2-3-4-5-6-14(12-17)11-13-7-9-15(16)10-8-13/h7-10,14,17H,2-6,11-12H2,1H3. The van der Waals surface area contributed by atoms with E-state index in [1.165, 1.54) is 31.2 Å². The van der Waals surface area contributed by atoms with Gasteiger partial charge in [0.2, 0.25) is 0 Å². The van der Waals surface area contributed by atoms with Crippen LogP contribution in [0.3, 0.4) is 0 Å². The van der Waals surface area contributed by atoms with E-state index in [1.54, 1.807) is 0 Å². The maximum atomic E-state index is 9.39. The number of halogens is 1. The zero-order chi connectivity index (χ0) is 12.5. The first-order valence-electron chi connectivity index (χ1n) is 6.61. The SMILES string of the molecule is CCCCCCC(CO)Cc1ccc(Br)cc1. The molecule has 0 radical (unpaired) electrons. The minimum Gasteiger partial charge on any atom is -0.396 e. The molecule has 1 aromatic rings. The lowest BCUT2D eigenvalue weighted by Crippen LogP contribution is -2.09. The molecular weight excluding hydrogens is 276 g/mol. The Bertz CT molecular complexity index is 294. The number of aliphatic hydroxyl groups excluding tert-OH is 1. The van der Waals surface area contributed by atoms with E-state index in [0.717, 1.165) is 17.3 Å². The number of hydrogen-bond donors (Lipinski definition) is 1. The van der Waals surface area contributed by atoms with Gasteiger partial charge in [-0.1, -0.05) is 60.7 Å². The predicted octanol–water partition coefficient (Wildman–Crippen LogP) is 4.57. The molecule has 17 heavy (non-hydrogen) atoms. The lowest BCUT2D eigenvalue weighted by Gasteiger charge is -2.14. The highest BCUT2D eigenvalue weighted by atomic mass is 79.9. The molecule has 1 nitrogen and oxygen atoms in total. The molecule has 1 N–H and O–H groups in total. The third-order valence-corrected chi connectivity index (χ3v) is 3.69. The molecule has 0 fully saturated rings. The molecule has 1 aromatic carbocycles. The van der Waals surface area contributed by atoms with Gasteiger partial charge in [0.25, 0.3) is 0 Å². The lowest BCUT2D eigenvalue weighted by molar-refractivity contribution is 0.214. The van der Waals surface area contributed by atoms with Crippen molar-refractivity contribution in [2.75, 3.05) is 6.61 Å². The van der Waals surface area contributed by atoms with Crippen LogP contribution in [-0.2, 0) is 6.42 Å². The molecular formula is C15H23BrO. The first-order chi connectivity index (χ1) is 8.26. The van der Waals surface area contributed by atoms with Crippen molar-refractivity contribution < 1.29 is 5.11 Å². The second-order valence-corrected chi connectivity index (χ2v) is 5.64. The summed E-state index contributed by atoms with van der Waals surface area (Å²) in [6.45, 7) is 2.54. The fourth-order valence-corrected chi connectivity index (χ4v) is 2.34. The topological polar surface area (TPSA) is 20.2 Å². The summed E-state index contributed by atoms with van der Waals surface area (Å²) < 4.78 is 1.12. The van der Waals surface area contributed by atoms with Crippen LogP contribution in [0.4, 0.5) is 0 Å². The van der Waals surface area contributed by atoms with Crippen LogP contribution in [0.5, 0.6) is 0 Å². The van der Waals surface area contributed by atoms with Crippen LogP contribution in [0.15, 0.2) is 28.7 Å². The van der Waals surface area contributed by atoms with Crippen molar-refractivity contribution >= 4 is 15.9 Å². The predicted molar refractivity (Wildman–Crippen MR) is 77.2 cm³/mol. The summed E-state index contributed by atoms with van der Waals surface area (Å²) in [6, 6.07) is 8.42.